The van der Waals surface area contributed by atoms with Gasteiger partial charge in [-0.1, -0.05) is 104 Å². The Balaban J connectivity index is 0.791. The third-order valence-corrected chi connectivity index (χ3v) is 20.9. The molecule has 33 heteroatoms. The molecular formula is C73H92N6O27. The second-order valence-electron chi connectivity index (χ2n) is 28.2. The lowest BCUT2D eigenvalue weighted by Crippen LogP contribution is -2.67. The first kappa shape index (κ1) is 78.0. The van der Waals surface area contributed by atoms with Crippen LogP contribution in [0.2, 0.25) is 0 Å². The summed E-state index contributed by atoms with van der Waals surface area (Å²) in [6.07, 6.45) is -26.4. The van der Waals surface area contributed by atoms with Crippen LogP contribution in [0.15, 0.2) is 116 Å². The number of aliphatic hydroxyl groups is 9. The maximum Gasteiger partial charge on any atom is 0.341 e. The fourth-order valence-electron chi connectivity index (χ4n) is 15.1. The van der Waals surface area contributed by atoms with Crippen molar-refractivity contribution in [1.29, 1.82) is 0 Å². The zero-order valence-electron chi connectivity index (χ0n) is 58.2. The topological polar surface area (TPSA) is 481 Å². The number of aromatic nitrogens is 3. The quantitative estimate of drug-likeness (QED) is 0.0240. The molecule has 0 radical (unpaired) electrons. The normalized spacial score (nSPS) is 33.4. The highest BCUT2D eigenvalue weighted by atomic mass is 16.7. The van der Waals surface area contributed by atoms with Crippen LogP contribution in [-0.2, 0) is 75.0 Å². The number of carbonyl (C=O) groups excluding carboxylic acids is 3. The summed E-state index contributed by atoms with van der Waals surface area (Å²) in [5.74, 6) is -5.45. The standard InChI is InChI=1S/C73H92N6O27/c1-35-56(83)60(87)61(88)72(98-35)106-63-46(79-30-45(77-78-79)38-15-7-4-8-16-38)26-41(29-51(63)103-71-55(76-36(2)82)64(58(85)53(31-80)104-71)99-52(68(92)93)23-37-13-5-3-6-14-37)66(90)74-21-22-75-67(91)42-27-49(96-33-43-24-39-17-9-11-19-47(39)100-69(43)94)57(84)50(28-42)102-73-62(89)65(59(86)54(32-81)105-73)97-34-44-25-40-18-10-12-20-48(40)101-70(44)95/h4,7-12,15-20,24-25,30,35,37,41-42,46,49-65,71-73,80-81,83-89H,3,5-6,13-14,21-23,26-29,31-34H2,1-2H3,(H,74,90)(H,75,91)(H,76,82)(H,92,93)/t35?,41?,42?,46?,49?,50-,51-,52+,53?,54?,55?,56-,57?,58+,59+,60?,61?,62?,63?,64?,65?,71-,72+,73-/m1/s1. The average molecular weight is 1490 g/mol. The van der Waals surface area contributed by atoms with Gasteiger partial charge >= 0.3 is 17.2 Å². The molecular weight excluding hydrogens is 1390 g/mol. The highest BCUT2D eigenvalue weighted by molar-refractivity contribution is 5.81. The predicted molar refractivity (Wildman–Crippen MR) is 366 cm³/mol. The monoisotopic (exact) mass is 1480 g/mol. The van der Waals surface area contributed by atoms with E-state index >= 15 is 0 Å². The molecule has 0 bridgehead atoms. The van der Waals surface area contributed by atoms with E-state index in [1.165, 1.54) is 17.7 Å². The van der Waals surface area contributed by atoms with Crippen LogP contribution in [0.1, 0.15) is 95.2 Å². The highest BCUT2D eigenvalue weighted by Crippen LogP contribution is 2.42. The van der Waals surface area contributed by atoms with Crippen molar-refractivity contribution in [3.05, 3.63) is 129 Å². The smallest absolute Gasteiger partial charge is 0.341 e. The molecule has 3 saturated heterocycles. The van der Waals surface area contributed by atoms with Crippen molar-refractivity contribution in [2.75, 3.05) is 26.3 Å². The van der Waals surface area contributed by atoms with Crippen molar-refractivity contribution in [2.45, 2.75) is 226 Å². The number of benzene rings is 3. The lowest BCUT2D eigenvalue weighted by Gasteiger charge is -2.49. The number of nitrogens with zero attached hydrogens (tertiary/aromatic N) is 3. The Bertz CT molecular complexity index is 4070. The molecule has 6 aliphatic rings. The molecule has 3 aromatic heterocycles. The predicted octanol–water partition coefficient (Wildman–Crippen LogP) is 0.0968. The molecule has 3 aliphatic heterocycles. The van der Waals surface area contributed by atoms with Crippen molar-refractivity contribution in [3.63, 3.8) is 0 Å². The summed E-state index contributed by atoms with van der Waals surface area (Å²) in [4.78, 5) is 82.1. The van der Waals surface area contributed by atoms with Crippen molar-refractivity contribution in [3.8, 4) is 11.3 Å². The molecule has 3 aliphatic carbocycles. The molecule has 24 atom stereocenters. The summed E-state index contributed by atoms with van der Waals surface area (Å²) >= 11 is 0. The van der Waals surface area contributed by atoms with Gasteiger partial charge in [0, 0.05) is 48.2 Å². The molecule has 33 nitrogen and oxygen atoms in total. The van der Waals surface area contributed by atoms with Crippen LogP contribution in [0.25, 0.3) is 33.2 Å². The van der Waals surface area contributed by atoms with E-state index in [4.69, 9.17) is 51.5 Å². The Labute approximate surface area is 606 Å². The second kappa shape index (κ2) is 35.2. The number of nitrogens with one attached hydrogen (secondary N) is 3. The van der Waals surface area contributed by atoms with Gasteiger partial charge in [0.2, 0.25) is 17.7 Å². The molecule has 3 aromatic carbocycles. The average Bonchev–Trinajstić information content (AvgIpc) is 1.23. The summed E-state index contributed by atoms with van der Waals surface area (Å²) in [5, 5.41) is 131. The van der Waals surface area contributed by atoms with Gasteiger partial charge < -0.3 is 118 Å². The van der Waals surface area contributed by atoms with E-state index in [9.17, 15) is 79.8 Å². The van der Waals surface area contributed by atoms with Gasteiger partial charge in [-0.25, -0.2) is 19.1 Å². The number of ether oxygens (including phenoxy) is 9. The first-order valence-electron chi connectivity index (χ1n) is 35.9. The van der Waals surface area contributed by atoms with E-state index in [1.54, 1.807) is 91.1 Å². The fraction of sp³-hybridized carbons (Fsp3) is 0.589. The van der Waals surface area contributed by atoms with E-state index < -0.39 is 208 Å². The summed E-state index contributed by atoms with van der Waals surface area (Å²) < 4.78 is 68.9. The van der Waals surface area contributed by atoms with E-state index in [1.807, 2.05) is 0 Å². The third-order valence-electron chi connectivity index (χ3n) is 20.9. The number of aliphatic carboxylic acids is 1. The van der Waals surface area contributed by atoms with Gasteiger partial charge in [0.25, 0.3) is 0 Å². The number of aliphatic hydroxyl groups excluding tert-OH is 9. The third kappa shape index (κ3) is 18.1. The number of hydrogen-bond acceptors (Lipinski definition) is 28. The largest absolute Gasteiger partial charge is 0.479 e. The second-order valence-corrected chi connectivity index (χ2v) is 28.2. The molecule has 6 fully saturated rings. The first-order chi connectivity index (χ1) is 51.0. The minimum Gasteiger partial charge on any atom is -0.479 e. The van der Waals surface area contributed by atoms with Crippen molar-refractivity contribution in [2.24, 2.45) is 17.8 Å². The van der Waals surface area contributed by atoms with Crippen LogP contribution in [0.5, 0.6) is 0 Å². The molecule has 12 rings (SSSR count). The number of carbonyl (C=O) groups is 4. The number of hydrogen-bond donors (Lipinski definition) is 13. The number of para-hydroxylation sites is 2. The van der Waals surface area contributed by atoms with Crippen LogP contribution < -0.4 is 27.2 Å². The summed E-state index contributed by atoms with van der Waals surface area (Å²) in [6, 6.07) is 22.9. The van der Waals surface area contributed by atoms with Crippen LogP contribution >= 0.6 is 0 Å². The Kier molecular flexibility index (Phi) is 25.9. The molecule has 6 aromatic rings. The Morgan fingerprint density at radius 2 is 1.15 bits per heavy atom. The number of amides is 3. The Morgan fingerprint density at radius 3 is 1.77 bits per heavy atom. The lowest BCUT2D eigenvalue weighted by atomic mass is 9.80. The van der Waals surface area contributed by atoms with E-state index in [2.05, 4.69) is 26.3 Å². The van der Waals surface area contributed by atoms with Gasteiger partial charge in [-0.3, -0.25) is 14.4 Å². The highest BCUT2D eigenvalue weighted by Gasteiger charge is 2.55. The molecule has 106 heavy (non-hydrogen) atoms. The zero-order chi connectivity index (χ0) is 75.0. The van der Waals surface area contributed by atoms with E-state index in [-0.39, 0.29) is 62.2 Å². The van der Waals surface area contributed by atoms with Crippen molar-refractivity contribution >= 4 is 45.6 Å². The van der Waals surface area contributed by atoms with Crippen LogP contribution in [0, 0.1) is 17.8 Å². The summed E-state index contributed by atoms with van der Waals surface area (Å²) in [7, 11) is 0. The van der Waals surface area contributed by atoms with Gasteiger partial charge in [0.1, 0.15) is 96.1 Å². The molecule has 0 spiro atoms. The van der Waals surface area contributed by atoms with Gasteiger partial charge in [-0.05, 0) is 69.2 Å². The number of fused-ring (bicyclic) bond motifs is 2. The van der Waals surface area contributed by atoms with Gasteiger partial charge in [-0.15, -0.1) is 5.10 Å². The SMILES string of the molecule is CC(=O)NC1C(O[C@@H](CC2CCCCC2)C(=O)O)[C@@H](O)C(CO)O[C@H]1O[C@@H]1CC(C(=O)NCCNC(=O)C2CC(OCc3cc4ccccc4oc3=O)C(O)[C@H](O[C@@H]3OC(CO)[C@H](O)C(OCc4cc5ccccc5oc4=O)C3O)C2)CC(n2cc(-c3ccccc3)nn2)C1O[C@@H]1OC(C)[C@@H](O)C(O)C1O. The molecule has 3 amide bonds. The molecule has 576 valence electrons. The van der Waals surface area contributed by atoms with E-state index in [0.29, 0.717) is 33.2 Å². The van der Waals surface area contributed by atoms with Gasteiger partial charge in [-0.2, -0.15) is 0 Å². The molecule has 6 heterocycles. The number of carboxylic acid groups (broad SMARTS) is 1. The summed E-state index contributed by atoms with van der Waals surface area (Å²) in [6.45, 7) is -0.370. The number of rotatable bonds is 27. The van der Waals surface area contributed by atoms with Crippen LogP contribution in [0.3, 0.4) is 0 Å². The first-order valence-corrected chi connectivity index (χ1v) is 35.9. The minimum atomic E-state index is -1.88. The fourth-order valence-corrected chi connectivity index (χ4v) is 15.1. The van der Waals surface area contributed by atoms with E-state index in [0.717, 1.165) is 39.0 Å². The minimum absolute atomic E-state index is 0.0328. The molecule has 13 N–H and O–H groups in total. The lowest BCUT2D eigenvalue weighted by molar-refractivity contribution is -0.337. The van der Waals surface area contributed by atoms with Gasteiger partial charge in [0.15, 0.2) is 25.0 Å². The molecule has 3 saturated carbocycles. The van der Waals surface area contributed by atoms with Crippen molar-refractivity contribution in [1.82, 2.24) is 30.9 Å². The van der Waals surface area contributed by atoms with Crippen molar-refractivity contribution < 1.29 is 122 Å². The number of carboxylic acids is 1. The van der Waals surface area contributed by atoms with Gasteiger partial charge in [0.05, 0.1) is 74.2 Å². The van der Waals surface area contributed by atoms with Crippen LogP contribution in [0.4, 0.5) is 0 Å². The Hall–Kier alpha value is -7.62. The maximum atomic E-state index is 15.0. The van der Waals surface area contributed by atoms with Crippen LogP contribution in [-0.4, -0.2) is 245 Å². The zero-order valence-corrected chi connectivity index (χ0v) is 58.2. The Morgan fingerprint density at radius 1 is 0.594 bits per heavy atom. The molecule has 15 unspecified atom stereocenters. The summed E-state index contributed by atoms with van der Waals surface area (Å²) in [5.41, 5.74) is 0.295. The maximum absolute atomic E-state index is 15.0.